The maximum atomic E-state index is 5.95. The Morgan fingerprint density at radius 2 is 2.08 bits per heavy atom. The van der Waals surface area contributed by atoms with Crippen LogP contribution in [0.5, 0.6) is 0 Å². The molecule has 0 amide bonds. The van der Waals surface area contributed by atoms with Crippen LogP contribution >= 0.6 is 11.6 Å². The fourth-order valence-electron chi connectivity index (χ4n) is 1.73. The van der Waals surface area contributed by atoms with Gasteiger partial charge in [-0.05, 0) is 30.6 Å². The van der Waals surface area contributed by atoms with Crippen molar-refractivity contribution >= 4 is 11.6 Å². The molecule has 1 aliphatic rings. The first-order valence-corrected chi connectivity index (χ1v) is 5.86. The van der Waals surface area contributed by atoms with E-state index in [4.69, 9.17) is 16.3 Å². The predicted molar refractivity (Wildman–Crippen MR) is 57.3 cm³/mol. The second-order valence-electron chi connectivity index (χ2n) is 4.71. The van der Waals surface area contributed by atoms with Crippen LogP contribution < -0.4 is 0 Å². The smallest absolute Gasteiger partial charge is 0.0488 e. The molecule has 0 unspecified atom stereocenters. The Hall–Kier alpha value is 0.250. The maximum Gasteiger partial charge on any atom is 0.0488 e. The van der Waals surface area contributed by atoms with Gasteiger partial charge in [0.25, 0.3) is 0 Å². The molecule has 0 heterocycles. The summed E-state index contributed by atoms with van der Waals surface area (Å²) in [6.07, 6.45) is 5.13. The summed E-state index contributed by atoms with van der Waals surface area (Å²) in [5.74, 6) is 1.46. The molecule has 0 aromatic rings. The molecule has 2 heteroatoms. The van der Waals surface area contributed by atoms with Gasteiger partial charge in [0.2, 0.25) is 0 Å². The van der Waals surface area contributed by atoms with Crippen LogP contribution in [0.1, 0.15) is 39.5 Å². The molecule has 0 radical (unpaired) electrons. The molecule has 78 valence electrons. The molecule has 0 saturated heterocycles. The van der Waals surface area contributed by atoms with Gasteiger partial charge in [0.1, 0.15) is 0 Å². The Bertz CT molecular complexity index is 136. The highest BCUT2D eigenvalue weighted by atomic mass is 35.5. The summed E-state index contributed by atoms with van der Waals surface area (Å²) in [4.78, 5) is 0. The number of ether oxygens (including phenoxy) is 1. The van der Waals surface area contributed by atoms with E-state index in [1.54, 1.807) is 0 Å². The molecule has 1 aliphatic carbocycles. The summed E-state index contributed by atoms with van der Waals surface area (Å²) in [5, 5.41) is 0. The lowest BCUT2D eigenvalue weighted by molar-refractivity contribution is 0.0529. The molecule has 0 aliphatic heterocycles. The van der Waals surface area contributed by atoms with Crippen molar-refractivity contribution in [2.24, 2.45) is 11.3 Å². The Labute approximate surface area is 86.8 Å². The van der Waals surface area contributed by atoms with E-state index in [0.29, 0.717) is 11.3 Å². The van der Waals surface area contributed by atoms with Crippen LogP contribution in [0.4, 0.5) is 0 Å². The minimum absolute atomic E-state index is 0.443. The highest BCUT2D eigenvalue weighted by Crippen LogP contribution is 2.44. The standard InChI is InChI=1S/C11H21ClO/c1-10(2)8-13-7-6-11(9-12)4-3-5-11/h10H,3-9H2,1-2H3. The van der Waals surface area contributed by atoms with Gasteiger partial charge >= 0.3 is 0 Å². The molecule has 1 fully saturated rings. The van der Waals surface area contributed by atoms with Crippen LogP contribution in [-0.2, 0) is 4.74 Å². The fraction of sp³-hybridized carbons (Fsp3) is 1.00. The molecule has 0 aromatic heterocycles. The summed E-state index contributed by atoms with van der Waals surface area (Å²) in [6.45, 7) is 6.14. The summed E-state index contributed by atoms with van der Waals surface area (Å²) in [5.41, 5.74) is 0.443. The van der Waals surface area contributed by atoms with E-state index in [1.165, 1.54) is 19.3 Å². The van der Waals surface area contributed by atoms with Gasteiger partial charge in [0.15, 0.2) is 0 Å². The highest BCUT2D eigenvalue weighted by molar-refractivity contribution is 6.18. The number of hydrogen-bond acceptors (Lipinski definition) is 1. The maximum absolute atomic E-state index is 5.95. The van der Waals surface area contributed by atoms with Crippen molar-refractivity contribution in [2.45, 2.75) is 39.5 Å². The molecule has 0 bridgehead atoms. The average molecular weight is 205 g/mol. The minimum Gasteiger partial charge on any atom is -0.381 e. The first-order chi connectivity index (χ1) is 6.18. The number of alkyl halides is 1. The molecule has 0 atom stereocenters. The molecule has 1 nitrogen and oxygen atoms in total. The predicted octanol–water partition coefficient (Wildman–Crippen LogP) is 3.46. The van der Waals surface area contributed by atoms with Gasteiger partial charge in [0, 0.05) is 19.1 Å². The summed E-state index contributed by atoms with van der Waals surface area (Å²) in [7, 11) is 0. The van der Waals surface area contributed by atoms with Crippen LogP contribution in [0.3, 0.4) is 0 Å². The molecule has 1 rings (SSSR count). The third-order valence-electron chi connectivity index (χ3n) is 2.93. The van der Waals surface area contributed by atoms with Crippen LogP contribution in [0, 0.1) is 11.3 Å². The van der Waals surface area contributed by atoms with E-state index in [1.807, 2.05) is 0 Å². The molecule has 0 N–H and O–H groups in total. The average Bonchev–Trinajstić information content (AvgIpc) is 2.01. The Morgan fingerprint density at radius 1 is 1.38 bits per heavy atom. The second-order valence-corrected chi connectivity index (χ2v) is 4.97. The van der Waals surface area contributed by atoms with Gasteiger partial charge in [-0.25, -0.2) is 0 Å². The normalized spacial score (nSPS) is 20.3. The monoisotopic (exact) mass is 204 g/mol. The van der Waals surface area contributed by atoms with E-state index in [2.05, 4.69) is 13.8 Å². The number of rotatable bonds is 6. The zero-order valence-electron chi connectivity index (χ0n) is 8.81. The lowest BCUT2D eigenvalue weighted by atomic mass is 9.68. The summed E-state index contributed by atoms with van der Waals surface area (Å²) < 4.78 is 5.57. The van der Waals surface area contributed by atoms with E-state index in [9.17, 15) is 0 Å². The first-order valence-electron chi connectivity index (χ1n) is 5.32. The second kappa shape index (κ2) is 5.21. The van der Waals surface area contributed by atoms with Crippen molar-refractivity contribution in [3.8, 4) is 0 Å². The van der Waals surface area contributed by atoms with Gasteiger partial charge in [-0.3, -0.25) is 0 Å². The molecule has 0 aromatic carbocycles. The third kappa shape index (κ3) is 3.47. The first kappa shape index (κ1) is 11.3. The van der Waals surface area contributed by atoms with Crippen molar-refractivity contribution in [1.82, 2.24) is 0 Å². The van der Waals surface area contributed by atoms with E-state index >= 15 is 0 Å². The van der Waals surface area contributed by atoms with Crippen molar-refractivity contribution in [3.05, 3.63) is 0 Å². The molecular formula is C11H21ClO. The lowest BCUT2D eigenvalue weighted by Gasteiger charge is -2.40. The van der Waals surface area contributed by atoms with Gasteiger partial charge in [0.05, 0.1) is 0 Å². The largest absolute Gasteiger partial charge is 0.381 e. The van der Waals surface area contributed by atoms with Crippen LogP contribution in [0.25, 0.3) is 0 Å². The Balaban J connectivity index is 2.04. The van der Waals surface area contributed by atoms with E-state index in [0.717, 1.165) is 25.5 Å². The van der Waals surface area contributed by atoms with Gasteiger partial charge in [-0.1, -0.05) is 20.3 Å². The van der Waals surface area contributed by atoms with Crippen molar-refractivity contribution in [2.75, 3.05) is 19.1 Å². The third-order valence-corrected chi connectivity index (χ3v) is 3.49. The zero-order valence-corrected chi connectivity index (χ0v) is 9.57. The van der Waals surface area contributed by atoms with Crippen molar-refractivity contribution < 1.29 is 4.74 Å². The highest BCUT2D eigenvalue weighted by Gasteiger charge is 2.35. The zero-order chi connectivity index (χ0) is 9.73. The lowest BCUT2D eigenvalue weighted by Crippen LogP contribution is -2.32. The van der Waals surface area contributed by atoms with Gasteiger partial charge < -0.3 is 4.74 Å². The minimum atomic E-state index is 0.443. The number of halogens is 1. The molecule has 13 heavy (non-hydrogen) atoms. The van der Waals surface area contributed by atoms with Crippen molar-refractivity contribution in [1.29, 1.82) is 0 Å². The van der Waals surface area contributed by atoms with Gasteiger partial charge in [-0.15, -0.1) is 11.6 Å². The summed E-state index contributed by atoms with van der Waals surface area (Å²) >= 11 is 5.95. The summed E-state index contributed by atoms with van der Waals surface area (Å²) in [6, 6.07) is 0. The molecule has 1 saturated carbocycles. The SMILES string of the molecule is CC(C)COCCC1(CCl)CCC1. The topological polar surface area (TPSA) is 9.23 Å². The quantitative estimate of drug-likeness (QED) is 0.476. The molecule has 0 spiro atoms. The van der Waals surface area contributed by atoms with Crippen molar-refractivity contribution in [3.63, 3.8) is 0 Å². The molecular weight excluding hydrogens is 184 g/mol. The van der Waals surface area contributed by atoms with Crippen LogP contribution in [0.15, 0.2) is 0 Å². The fourth-order valence-corrected chi connectivity index (χ4v) is 2.14. The van der Waals surface area contributed by atoms with Gasteiger partial charge in [-0.2, -0.15) is 0 Å². The van der Waals surface area contributed by atoms with E-state index < -0.39 is 0 Å². The van der Waals surface area contributed by atoms with E-state index in [-0.39, 0.29) is 0 Å². The number of hydrogen-bond donors (Lipinski definition) is 0. The Kier molecular flexibility index (Phi) is 4.54. The van der Waals surface area contributed by atoms with Crippen LogP contribution in [-0.4, -0.2) is 19.1 Å². The van der Waals surface area contributed by atoms with Crippen LogP contribution in [0.2, 0.25) is 0 Å². The Morgan fingerprint density at radius 3 is 2.46 bits per heavy atom.